The van der Waals surface area contributed by atoms with Crippen LogP contribution in [0, 0.1) is 11.8 Å². The summed E-state index contributed by atoms with van der Waals surface area (Å²) < 4.78 is 0. The van der Waals surface area contributed by atoms with Crippen molar-refractivity contribution in [3.63, 3.8) is 0 Å². The van der Waals surface area contributed by atoms with E-state index in [-0.39, 0.29) is 34.3 Å². The van der Waals surface area contributed by atoms with E-state index in [1.165, 1.54) is 36.2 Å². The maximum absolute atomic E-state index is 10.9. The Balaban J connectivity index is 0.000000625. The Labute approximate surface area is 270 Å². The molecule has 0 heterocycles. The minimum atomic E-state index is -1.50. The van der Waals surface area contributed by atoms with Crippen molar-refractivity contribution in [3.05, 3.63) is 100 Å². The molecule has 3 aromatic carbocycles. The molecule has 2 unspecified atom stereocenters. The Morgan fingerprint density at radius 1 is 0.614 bits per heavy atom. The Morgan fingerprint density at radius 3 is 1.23 bits per heavy atom. The molecule has 0 saturated carbocycles. The zero-order valence-corrected chi connectivity index (χ0v) is 27.6. The molecular weight excluding hydrogens is 575 g/mol. The van der Waals surface area contributed by atoms with Gasteiger partial charge in [-0.25, -0.2) is 0 Å². The van der Waals surface area contributed by atoms with Crippen LogP contribution in [0.25, 0.3) is 0 Å². The van der Waals surface area contributed by atoms with Gasteiger partial charge in [-0.3, -0.25) is 4.79 Å². The summed E-state index contributed by atoms with van der Waals surface area (Å²) in [6.45, 7) is 13.2. The standard InChI is InChI=1S/2C13H18O2.C9H8O4.Al/c2*1-9(2)8-11-4-6-12(7-5-11)10(3)13(14)15;1-5(10)6-3-2-4-7(8(6)11)9(12)13;/h2*4-7,9-10H,8H2,1-3H3,(H,14,15);2-4,11H,1H3,(H,12,13);/q;;;+3/p-3. The summed E-state index contributed by atoms with van der Waals surface area (Å²) in [7, 11) is 0. The van der Waals surface area contributed by atoms with Crippen molar-refractivity contribution < 1.29 is 39.6 Å². The number of aliphatic carboxylic acids is 2. The topological polar surface area (TPSA) is 158 Å². The first-order valence-electron chi connectivity index (χ1n) is 14.2. The van der Waals surface area contributed by atoms with Gasteiger partial charge in [0.2, 0.25) is 0 Å². The molecule has 8 nitrogen and oxygen atoms in total. The first-order chi connectivity index (χ1) is 20.0. The monoisotopic (exact) mass is 616 g/mol. The predicted octanol–water partition coefficient (Wildman–Crippen LogP) is 3.05. The third-order valence-electron chi connectivity index (χ3n) is 6.59. The molecule has 232 valence electrons. The van der Waals surface area contributed by atoms with Gasteiger partial charge < -0.3 is 34.8 Å². The number of benzene rings is 3. The Kier molecular flexibility index (Phi) is 17.6. The van der Waals surface area contributed by atoms with Crippen LogP contribution in [-0.2, 0) is 22.4 Å². The quantitative estimate of drug-likeness (QED) is 0.269. The summed E-state index contributed by atoms with van der Waals surface area (Å²) in [5.74, 6) is -4.28. The zero-order valence-electron chi connectivity index (χ0n) is 26.5. The second kappa shape index (κ2) is 19.4. The van der Waals surface area contributed by atoms with Crippen molar-refractivity contribution in [3.8, 4) is 5.75 Å². The molecule has 0 spiro atoms. The van der Waals surface area contributed by atoms with Crippen molar-refractivity contribution in [2.24, 2.45) is 11.8 Å². The van der Waals surface area contributed by atoms with Crippen LogP contribution in [-0.4, -0.2) is 46.2 Å². The van der Waals surface area contributed by atoms with E-state index in [9.17, 15) is 39.6 Å². The zero-order chi connectivity index (χ0) is 32.9. The number of carbonyl (C=O) groups is 4. The first-order valence-corrected chi connectivity index (χ1v) is 14.2. The number of carboxylic acid groups (broad SMARTS) is 3. The molecule has 2 atom stereocenters. The molecule has 0 amide bonds. The van der Waals surface area contributed by atoms with E-state index >= 15 is 0 Å². The molecule has 0 aromatic heterocycles. The van der Waals surface area contributed by atoms with E-state index in [0.29, 0.717) is 11.8 Å². The van der Waals surface area contributed by atoms with Crippen LogP contribution < -0.4 is 15.3 Å². The second-order valence-electron chi connectivity index (χ2n) is 11.3. The normalized spacial score (nSPS) is 11.6. The molecule has 0 aliphatic rings. The number of rotatable bonds is 10. The summed E-state index contributed by atoms with van der Waals surface area (Å²) in [5.41, 5.74) is 3.73. The molecule has 0 saturated heterocycles. The SMILES string of the molecule is CC(=O)c1cccc(C(=O)[O-])c1O.CC(C)Cc1ccc(C(C)C(=O)[O-])cc1.CC(C)Cc1ccc(C(C)C(=O)[O-])cc1.[Al+3]. The maximum atomic E-state index is 10.9. The number of carbonyl (C=O) groups excluding carboxylic acids is 4. The van der Waals surface area contributed by atoms with Crippen LogP contribution in [0.3, 0.4) is 0 Å². The van der Waals surface area contributed by atoms with Crippen LogP contribution in [0.2, 0.25) is 0 Å². The Bertz CT molecular complexity index is 1260. The van der Waals surface area contributed by atoms with Crippen LogP contribution in [0.1, 0.15) is 103 Å². The molecule has 1 N–H and O–H groups in total. The van der Waals surface area contributed by atoms with Gasteiger partial charge in [-0.05, 0) is 66.0 Å². The number of aromatic hydroxyl groups is 1. The molecule has 9 heteroatoms. The molecular formula is C35H41AlO8. The third kappa shape index (κ3) is 13.6. The molecule has 44 heavy (non-hydrogen) atoms. The predicted molar refractivity (Wildman–Crippen MR) is 165 cm³/mol. The second-order valence-corrected chi connectivity index (χ2v) is 11.3. The summed E-state index contributed by atoms with van der Waals surface area (Å²) in [4.78, 5) is 42.6. The van der Waals surface area contributed by atoms with E-state index in [1.54, 1.807) is 13.8 Å². The van der Waals surface area contributed by atoms with Crippen LogP contribution in [0.4, 0.5) is 0 Å². The number of carboxylic acids is 3. The van der Waals surface area contributed by atoms with Gasteiger partial charge >= 0.3 is 17.4 Å². The van der Waals surface area contributed by atoms with Crippen molar-refractivity contribution in [2.45, 2.75) is 73.1 Å². The van der Waals surface area contributed by atoms with Gasteiger partial charge in [0.15, 0.2) is 5.78 Å². The average molecular weight is 617 g/mol. The van der Waals surface area contributed by atoms with Crippen molar-refractivity contribution in [2.75, 3.05) is 0 Å². The number of phenols is 1. The van der Waals surface area contributed by atoms with E-state index < -0.39 is 35.5 Å². The van der Waals surface area contributed by atoms with Gasteiger partial charge in [-0.2, -0.15) is 0 Å². The first kappa shape index (κ1) is 40.1. The summed E-state index contributed by atoms with van der Waals surface area (Å²) in [6.07, 6.45) is 2.06. The number of aromatic carboxylic acids is 1. The van der Waals surface area contributed by atoms with Gasteiger partial charge in [0.05, 0.1) is 11.5 Å². The van der Waals surface area contributed by atoms with Crippen molar-refractivity contribution in [1.82, 2.24) is 0 Å². The number of hydrogen-bond donors (Lipinski definition) is 1. The van der Waals surface area contributed by atoms with Gasteiger partial charge in [0, 0.05) is 29.3 Å². The molecule has 0 aliphatic carbocycles. The minimum absolute atomic E-state index is 0. The van der Waals surface area contributed by atoms with Crippen molar-refractivity contribution in [1.29, 1.82) is 0 Å². The van der Waals surface area contributed by atoms with Crippen molar-refractivity contribution >= 4 is 41.1 Å². The van der Waals surface area contributed by atoms with E-state index in [0.717, 1.165) is 24.0 Å². The van der Waals surface area contributed by atoms with Crippen LogP contribution in [0.15, 0.2) is 66.7 Å². The smallest absolute Gasteiger partial charge is 0.550 e. The summed E-state index contributed by atoms with van der Waals surface area (Å²) >= 11 is 0. The van der Waals surface area contributed by atoms with Crippen LogP contribution in [0.5, 0.6) is 5.75 Å². The van der Waals surface area contributed by atoms with Gasteiger partial charge in [0.1, 0.15) is 5.75 Å². The molecule has 3 rings (SSSR count). The van der Waals surface area contributed by atoms with Gasteiger partial charge in [-0.1, -0.05) is 96.1 Å². The number of para-hydroxylation sites is 1. The molecule has 0 radical (unpaired) electrons. The molecule has 0 aliphatic heterocycles. The number of hydrogen-bond acceptors (Lipinski definition) is 8. The summed E-state index contributed by atoms with van der Waals surface area (Å²) in [6, 6.07) is 19.4. The largest absolute Gasteiger partial charge is 3.00 e. The maximum Gasteiger partial charge on any atom is 3.00 e. The van der Waals surface area contributed by atoms with E-state index in [4.69, 9.17) is 0 Å². The Hall–Kier alpha value is -3.93. The van der Waals surface area contributed by atoms with Gasteiger partial charge in [-0.15, -0.1) is 0 Å². The minimum Gasteiger partial charge on any atom is -0.550 e. The molecule has 0 bridgehead atoms. The molecule has 0 fully saturated rings. The van der Waals surface area contributed by atoms with E-state index in [1.807, 2.05) is 48.5 Å². The third-order valence-corrected chi connectivity index (χ3v) is 6.59. The fourth-order valence-electron chi connectivity index (χ4n) is 4.09. The molecule has 3 aromatic rings. The van der Waals surface area contributed by atoms with E-state index in [2.05, 4.69) is 27.7 Å². The Morgan fingerprint density at radius 2 is 0.955 bits per heavy atom. The number of ketones is 1. The number of Topliss-reactive ketones (excluding diaryl/α,β-unsaturated/α-hetero) is 1. The van der Waals surface area contributed by atoms with Gasteiger partial charge in [0.25, 0.3) is 0 Å². The average Bonchev–Trinajstić information content (AvgIpc) is 2.93. The van der Waals surface area contributed by atoms with Crippen LogP contribution >= 0.6 is 0 Å². The fraction of sp³-hybridized carbons (Fsp3) is 0.371. The summed E-state index contributed by atoms with van der Waals surface area (Å²) in [5, 5.41) is 41.0. The fourth-order valence-corrected chi connectivity index (χ4v) is 4.09.